The molecule has 0 atom stereocenters. The van der Waals surface area contributed by atoms with E-state index in [1.165, 1.54) is 4.31 Å². The van der Waals surface area contributed by atoms with Crippen molar-refractivity contribution >= 4 is 10.0 Å². The Kier molecular flexibility index (Phi) is 3.83. The van der Waals surface area contributed by atoms with Gasteiger partial charge >= 0.3 is 0 Å². The van der Waals surface area contributed by atoms with Crippen LogP contribution < -0.4 is 4.74 Å². The number of ether oxygens (including phenoxy) is 2. The van der Waals surface area contributed by atoms with Crippen LogP contribution in [-0.4, -0.2) is 38.7 Å². The van der Waals surface area contributed by atoms with Crippen molar-refractivity contribution in [3.63, 3.8) is 0 Å². The largest absolute Gasteiger partial charge is 0.496 e. The fraction of sp³-hybridized carbons (Fsp3) is 0.571. The van der Waals surface area contributed by atoms with E-state index in [1.54, 1.807) is 26.2 Å². The first-order valence-corrected chi connectivity index (χ1v) is 7.90. The summed E-state index contributed by atoms with van der Waals surface area (Å²) in [5, 5.41) is 0. The van der Waals surface area contributed by atoms with Crippen molar-refractivity contribution in [2.75, 3.05) is 20.4 Å². The molecule has 1 heterocycles. The van der Waals surface area contributed by atoms with Crippen molar-refractivity contribution in [3.05, 3.63) is 23.3 Å². The van der Waals surface area contributed by atoms with Gasteiger partial charge in [0.2, 0.25) is 10.0 Å². The first-order valence-electron chi connectivity index (χ1n) is 6.46. The zero-order valence-corrected chi connectivity index (χ0v) is 13.4. The van der Waals surface area contributed by atoms with E-state index in [-0.39, 0.29) is 6.73 Å². The van der Waals surface area contributed by atoms with Crippen molar-refractivity contribution in [1.82, 2.24) is 4.31 Å². The van der Waals surface area contributed by atoms with Gasteiger partial charge in [-0.15, -0.1) is 0 Å². The van der Waals surface area contributed by atoms with Gasteiger partial charge in [0.05, 0.1) is 24.2 Å². The van der Waals surface area contributed by atoms with Gasteiger partial charge < -0.3 is 9.47 Å². The first-order chi connectivity index (χ1) is 9.20. The van der Waals surface area contributed by atoms with Crippen molar-refractivity contribution < 1.29 is 17.9 Å². The second kappa shape index (κ2) is 5.02. The molecule has 0 spiro atoms. The van der Waals surface area contributed by atoms with Crippen LogP contribution in [0, 0.1) is 13.8 Å². The molecule has 0 amide bonds. The molecule has 1 aromatic rings. The molecule has 1 aromatic carbocycles. The summed E-state index contributed by atoms with van der Waals surface area (Å²) in [6.45, 7) is 7.84. The minimum absolute atomic E-state index is 0.0971. The van der Waals surface area contributed by atoms with Gasteiger partial charge in [0.15, 0.2) is 0 Å². The summed E-state index contributed by atoms with van der Waals surface area (Å²) in [6.07, 6.45) is 0. The molecule has 0 unspecified atom stereocenters. The molecule has 20 heavy (non-hydrogen) atoms. The minimum Gasteiger partial charge on any atom is -0.496 e. The van der Waals surface area contributed by atoms with Crippen LogP contribution in [0.4, 0.5) is 0 Å². The van der Waals surface area contributed by atoms with Crippen molar-refractivity contribution in [2.45, 2.75) is 38.1 Å². The van der Waals surface area contributed by atoms with E-state index in [1.807, 2.05) is 20.8 Å². The predicted molar refractivity (Wildman–Crippen MR) is 76.4 cm³/mol. The molecular formula is C14H21NO4S. The summed E-state index contributed by atoms with van der Waals surface area (Å²) >= 11 is 0. The highest BCUT2D eigenvalue weighted by Gasteiger charge is 2.42. The number of sulfonamides is 1. The van der Waals surface area contributed by atoms with E-state index in [0.29, 0.717) is 22.8 Å². The van der Waals surface area contributed by atoms with E-state index in [4.69, 9.17) is 9.47 Å². The Hall–Kier alpha value is -1.11. The molecule has 2 rings (SSSR count). The fourth-order valence-corrected chi connectivity index (χ4v) is 4.35. The minimum atomic E-state index is -3.57. The molecule has 6 heteroatoms. The Morgan fingerprint density at radius 2 is 1.90 bits per heavy atom. The summed E-state index contributed by atoms with van der Waals surface area (Å²) in [7, 11) is -1.99. The Balaban J connectivity index is 2.53. The smallest absolute Gasteiger partial charge is 0.245 e. The van der Waals surface area contributed by atoms with Gasteiger partial charge in [0, 0.05) is 0 Å². The maximum Gasteiger partial charge on any atom is 0.245 e. The zero-order valence-electron chi connectivity index (χ0n) is 12.6. The molecule has 1 aliphatic rings. The predicted octanol–water partition coefficient (Wildman–Crippen LogP) is 2.07. The average Bonchev–Trinajstić information content (AvgIpc) is 2.71. The fourth-order valence-electron chi connectivity index (χ4n) is 2.40. The van der Waals surface area contributed by atoms with Crippen molar-refractivity contribution in [3.8, 4) is 5.75 Å². The number of methoxy groups -OCH3 is 1. The SMILES string of the molecule is COc1cc(C)c(S(=O)(=O)N2COCC2(C)C)cc1C. The van der Waals surface area contributed by atoms with Crippen LogP contribution in [0.5, 0.6) is 5.75 Å². The maximum absolute atomic E-state index is 12.8. The third-order valence-electron chi connectivity index (χ3n) is 3.60. The Labute approximate surface area is 120 Å². The topological polar surface area (TPSA) is 55.8 Å². The molecule has 0 radical (unpaired) electrons. The molecule has 1 fully saturated rings. The highest BCUT2D eigenvalue weighted by molar-refractivity contribution is 7.89. The van der Waals surface area contributed by atoms with Crippen LogP contribution in [0.15, 0.2) is 17.0 Å². The molecular weight excluding hydrogens is 278 g/mol. The first kappa shape index (κ1) is 15.3. The summed E-state index contributed by atoms with van der Waals surface area (Å²) in [5.41, 5.74) is 0.948. The quantitative estimate of drug-likeness (QED) is 0.857. The Morgan fingerprint density at radius 3 is 2.40 bits per heavy atom. The van der Waals surface area contributed by atoms with E-state index >= 15 is 0 Å². The second-order valence-corrected chi connectivity index (χ2v) is 7.56. The molecule has 0 saturated carbocycles. The molecule has 0 aliphatic carbocycles. The highest BCUT2D eigenvalue weighted by atomic mass is 32.2. The molecule has 1 saturated heterocycles. The van der Waals surface area contributed by atoms with E-state index in [0.717, 1.165) is 5.56 Å². The van der Waals surface area contributed by atoms with Crippen LogP contribution in [-0.2, 0) is 14.8 Å². The Morgan fingerprint density at radius 1 is 1.25 bits per heavy atom. The third kappa shape index (κ3) is 2.43. The molecule has 0 aromatic heterocycles. The highest BCUT2D eigenvalue weighted by Crippen LogP contribution is 2.33. The van der Waals surface area contributed by atoms with Crippen molar-refractivity contribution in [2.24, 2.45) is 0 Å². The van der Waals surface area contributed by atoms with E-state index in [2.05, 4.69) is 0 Å². The number of aryl methyl sites for hydroxylation is 2. The molecule has 1 aliphatic heterocycles. The molecule has 0 N–H and O–H groups in total. The van der Waals surface area contributed by atoms with Crippen LogP contribution in [0.2, 0.25) is 0 Å². The van der Waals surface area contributed by atoms with Crippen LogP contribution >= 0.6 is 0 Å². The molecule has 0 bridgehead atoms. The van der Waals surface area contributed by atoms with Gasteiger partial charge in [-0.05, 0) is 51.0 Å². The molecule has 112 valence electrons. The van der Waals surface area contributed by atoms with Gasteiger partial charge in [-0.3, -0.25) is 0 Å². The van der Waals surface area contributed by atoms with Crippen molar-refractivity contribution in [1.29, 1.82) is 0 Å². The van der Waals surface area contributed by atoms with Gasteiger partial charge in [-0.2, -0.15) is 4.31 Å². The summed E-state index contributed by atoms with van der Waals surface area (Å²) in [6, 6.07) is 3.42. The summed E-state index contributed by atoms with van der Waals surface area (Å²) < 4.78 is 37.6. The standard InChI is InChI=1S/C14H21NO4S/c1-10-7-13(11(2)6-12(10)18-5)20(16,17)15-9-19-8-14(15,3)4/h6-7H,8-9H2,1-5H3. The lowest BCUT2D eigenvalue weighted by Gasteiger charge is -2.28. The Bertz CT molecular complexity index is 622. The summed E-state index contributed by atoms with van der Waals surface area (Å²) in [4.78, 5) is 0.314. The van der Waals surface area contributed by atoms with Gasteiger partial charge in [-0.25, -0.2) is 8.42 Å². The zero-order chi connectivity index (χ0) is 15.1. The van der Waals surface area contributed by atoms with E-state index in [9.17, 15) is 8.42 Å². The van der Waals surface area contributed by atoms with E-state index < -0.39 is 15.6 Å². The van der Waals surface area contributed by atoms with Gasteiger partial charge in [-0.1, -0.05) is 0 Å². The van der Waals surface area contributed by atoms with Crippen LogP contribution in [0.3, 0.4) is 0 Å². The normalized spacial score (nSPS) is 19.2. The van der Waals surface area contributed by atoms with Crippen LogP contribution in [0.25, 0.3) is 0 Å². The third-order valence-corrected chi connectivity index (χ3v) is 5.78. The monoisotopic (exact) mass is 299 g/mol. The lowest BCUT2D eigenvalue weighted by molar-refractivity contribution is 0.171. The number of nitrogens with zero attached hydrogens (tertiary/aromatic N) is 1. The van der Waals surface area contributed by atoms with Gasteiger partial charge in [0.25, 0.3) is 0 Å². The maximum atomic E-state index is 12.8. The van der Waals surface area contributed by atoms with Gasteiger partial charge in [0.1, 0.15) is 12.5 Å². The summed E-state index contributed by atoms with van der Waals surface area (Å²) in [5.74, 6) is 0.693. The number of hydrogen-bond acceptors (Lipinski definition) is 4. The molecule has 5 nitrogen and oxygen atoms in total. The second-order valence-electron chi connectivity index (χ2n) is 5.73. The van der Waals surface area contributed by atoms with Crippen LogP contribution in [0.1, 0.15) is 25.0 Å². The average molecular weight is 299 g/mol. The number of hydrogen-bond donors (Lipinski definition) is 0. The lowest BCUT2D eigenvalue weighted by Crippen LogP contribution is -2.44. The lowest BCUT2D eigenvalue weighted by atomic mass is 10.1. The number of rotatable bonds is 3. The number of benzene rings is 1.